The van der Waals surface area contributed by atoms with E-state index in [-0.39, 0.29) is 31.1 Å². The fourth-order valence-electron chi connectivity index (χ4n) is 4.22. The molecular formula is C27H29NO8. The molecule has 1 N–H and O–H groups in total. The standard InChI is InChI=1S/C27H29NO8/c1-4-11-34-19-8-6-17(15-21(19)33-5-2)24-23(26(30)27(31)28(24)10-12-32-3)25(29)18-7-9-20-22(16-18)36-14-13-35-20/h4,6-9,15-16,24,29H,1,5,10-14H2,2-3H3/b25-23+/t24-/m0/s1. The Morgan fingerprint density at radius 2 is 1.89 bits per heavy atom. The van der Waals surface area contributed by atoms with Gasteiger partial charge in [-0.1, -0.05) is 18.7 Å². The Labute approximate surface area is 209 Å². The van der Waals surface area contributed by atoms with Crippen LogP contribution in [0.4, 0.5) is 0 Å². The zero-order valence-electron chi connectivity index (χ0n) is 20.3. The third-order valence-electron chi connectivity index (χ3n) is 5.83. The van der Waals surface area contributed by atoms with Gasteiger partial charge in [0.15, 0.2) is 23.0 Å². The van der Waals surface area contributed by atoms with Crippen LogP contribution in [0.1, 0.15) is 24.1 Å². The van der Waals surface area contributed by atoms with Crippen LogP contribution < -0.4 is 18.9 Å². The lowest BCUT2D eigenvalue weighted by atomic mass is 9.94. The highest BCUT2D eigenvalue weighted by Crippen LogP contribution is 2.43. The van der Waals surface area contributed by atoms with Gasteiger partial charge in [0, 0.05) is 19.2 Å². The molecular weight excluding hydrogens is 466 g/mol. The molecule has 190 valence electrons. The molecule has 2 aromatic carbocycles. The molecule has 2 heterocycles. The van der Waals surface area contributed by atoms with E-state index in [1.807, 2.05) is 6.92 Å². The minimum atomic E-state index is -0.860. The van der Waals surface area contributed by atoms with Gasteiger partial charge in [-0.15, -0.1) is 0 Å². The van der Waals surface area contributed by atoms with Gasteiger partial charge in [0.2, 0.25) is 0 Å². The van der Waals surface area contributed by atoms with Crippen molar-refractivity contribution in [3.05, 3.63) is 65.8 Å². The molecule has 9 heteroatoms. The summed E-state index contributed by atoms with van der Waals surface area (Å²) >= 11 is 0. The molecule has 0 aromatic heterocycles. The number of hydrogen-bond acceptors (Lipinski definition) is 8. The van der Waals surface area contributed by atoms with Crippen molar-refractivity contribution in [2.45, 2.75) is 13.0 Å². The summed E-state index contributed by atoms with van der Waals surface area (Å²) in [5.41, 5.74) is 0.888. The van der Waals surface area contributed by atoms with Crippen LogP contribution >= 0.6 is 0 Å². The molecule has 0 spiro atoms. The number of carbonyl (C=O) groups is 2. The number of likely N-dealkylation sites (tertiary alicyclic amines) is 1. The van der Waals surface area contributed by atoms with Crippen LogP contribution in [0.5, 0.6) is 23.0 Å². The number of ether oxygens (including phenoxy) is 5. The van der Waals surface area contributed by atoms with Gasteiger partial charge in [-0.3, -0.25) is 9.59 Å². The first-order chi connectivity index (χ1) is 17.5. The number of aliphatic hydroxyl groups excluding tert-OH is 1. The summed E-state index contributed by atoms with van der Waals surface area (Å²) in [6.07, 6.45) is 1.62. The Kier molecular flexibility index (Phi) is 7.80. The molecule has 0 radical (unpaired) electrons. The van der Waals surface area contributed by atoms with Crippen molar-refractivity contribution in [1.29, 1.82) is 0 Å². The molecule has 2 aliphatic rings. The molecule has 0 aliphatic carbocycles. The number of nitrogens with zero attached hydrogens (tertiary/aromatic N) is 1. The highest BCUT2D eigenvalue weighted by atomic mass is 16.6. The molecule has 0 unspecified atom stereocenters. The van der Waals surface area contributed by atoms with E-state index in [2.05, 4.69) is 6.58 Å². The number of fused-ring (bicyclic) bond motifs is 1. The number of carbonyl (C=O) groups excluding carboxylic acids is 2. The molecule has 0 bridgehead atoms. The van der Waals surface area contributed by atoms with E-state index in [0.29, 0.717) is 53.9 Å². The summed E-state index contributed by atoms with van der Waals surface area (Å²) in [5, 5.41) is 11.3. The SMILES string of the molecule is C=CCOc1ccc([C@H]2/C(=C(\O)c3ccc4c(c3)OCCO4)C(=O)C(=O)N2CCOC)cc1OCC. The van der Waals surface area contributed by atoms with Gasteiger partial charge in [-0.25, -0.2) is 0 Å². The average Bonchev–Trinajstić information content (AvgIpc) is 3.15. The van der Waals surface area contributed by atoms with E-state index in [0.717, 1.165) is 0 Å². The summed E-state index contributed by atoms with van der Waals surface area (Å²) in [7, 11) is 1.51. The van der Waals surface area contributed by atoms with Crippen LogP contribution in [0.15, 0.2) is 54.6 Å². The Morgan fingerprint density at radius 1 is 1.11 bits per heavy atom. The topological polar surface area (TPSA) is 104 Å². The predicted octanol–water partition coefficient (Wildman–Crippen LogP) is 3.49. The summed E-state index contributed by atoms with van der Waals surface area (Å²) < 4.78 is 27.8. The lowest BCUT2D eigenvalue weighted by molar-refractivity contribution is -0.140. The Balaban J connectivity index is 1.83. The predicted molar refractivity (Wildman–Crippen MR) is 132 cm³/mol. The summed E-state index contributed by atoms with van der Waals surface area (Å²) in [6.45, 7) is 7.35. The van der Waals surface area contributed by atoms with Crippen molar-refractivity contribution in [1.82, 2.24) is 4.90 Å². The molecule has 4 rings (SSSR count). The zero-order valence-corrected chi connectivity index (χ0v) is 20.3. The third kappa shape index (κ3) is 4.87. The molecule has 2 aliphatic heterocycles. The van der Waals surface area contributed by atoms with E-state index in [4.69, 9.17) is 23.7 Å². The van der Waals surface area contributed by atoms with Gasteiger partial charge >= 0.3 is 0 Å². The van der Waals surface area contributed by atoms with Crippen molar-refractivity contribution in [3.8, 4) is 23.0 Å². The lowest BCUT2D eigenvalue weighted by Crippen LogP contribution is -2.32. The van der Waals surface area contributed by atoms with Gasteiger partial charge in [-0.2, -0.15) is 0 Å². The van der Waals surface area contributed by atoms with Crippen molar-refractivity contribution < 1.29 is 38.4 Å². The van der Waals surface area contributed by atoms with Crippen LogP contribution in [0.2, 0.25) is 0 Å². The van der Waals surface area contributed by atoms with Gasteiger partial charge in [0.05, 0.1) is 24.8 Å². The van der Waals surface area contributed by atoms with Crippen LogP contribution in [0.3, 0.4) is 0 Å². The number of rotatable bonds is 10. The average molecular weight is 496 g/mol. The number of benzene rings is 2. The first kappa shape index (κ1) is 25.1. The second-order valence-electron chi connectivity index (χ2n) is 8.08. The lowest BCUT2D eigenvalue weighted by Gasteiger charge is -2.26. The van der Waals surface area contributed by atoms with Crippen LogP contribution in [0.25, 0.3) is 5.76 Å². The second-order valence-corrected chi connectivity index (χ2v) is 8.08. The van der Waals surface area contributed by atoms with E-state index in [9.17, 15) is 14.7 Å². The smallest absolute Gasteiger partial charge is 0.295 e. The summed E-state index contributed by atoms with van der Waals surface area (Å²) in [4.78, 5) is 27.7. The van der Waals surface area contributed by atoms with Crippen LogP contribution in [0, 0.1) is 0 Å². The first-order valence-corrected chi connectivity index (χ1v) is 11.7. The van der Waals surface area contributed by atoms with Gasteiger partial charge in [0.25, 0.3) is 11.7 Å². The monoisotopic (exact) mass is 495 g/mol. The van der Waals surface area contributed by atoms with Crippen molar-refractivity contribution in [2.75, 3.05) is 46.7 Å². The van der Waals surface area contributed by atoms with Crippen molar-refractivity contribution >= 4 is 17.4 Å². The van der Waals surface area contributed by atoms with E-state index in [1.54, 1.807) is 42.5 Å². The number of hydrogen-bond donors (Lipinski definition) is 1. The van der Waals surface area contributed by atoms with Crippen LogP contribution in [-0.4, -0.2) is 68.4 Å². The quantitative estimate of drug-likeness (QED) is 0.231. The molecule has 1 saturated heterocycles. The van der Waals surface area contributed by atoms with Gasteiger partial charge in [0.1, 0.15) is 25.6 Å². The normalized spacial score (nSPS) is 18.3. The number of Topliss-reactive ketones (excluding diaryl/α,β-unsaturated/α-hetero) is 1. The minimum Gasteiger partial charge on any atom is -0.507 e. The Morgan fingerprint density at radius 3 is 2.61 bits per heavy atom. The number of ketones is 1. The van der Waals surface area contributed by atoms with E-state index >= 15 is 0 Å². The molecule has 1 fully saturated rings. The van der Waals surface area contributed by atoms with Crippen molar-refractivity contribution in [3.63, 3.8) is 0 Å². The largest absolute Gasteiger partial charge is 0.507 e. The first-order valence-electron chi connectivity index (χ1n) is 11.7. The Hall–Kier alpha value is -3.98. The third-order valence-corrected chi connectivity index (χ3v) is 5.83. The zero-order chi connectivity index (χ0) is 25.7. The molecule has 9 nitrogen and oxygen atoms in total. The fourth-order valence-corrected chi connectivity index (χ4v) is 4.22. The maximum atomic E-state index is 13.2. The highest BCUT2D eigenvalue weighted by Gasteiger charge is 2.46. The maximum Gasteiger partial charge on any atom is 0.295 e. The van der Waals surface area contributed by atoms with Crippen molar-refractivity contribution in [2.24, 2.45) is 0 Å². The summed E-state index contributed by atoms with van der Waals surface area (Å²) in [5.74, 6) is 0.147. The molecule has 0 saturated carbocycles. The maximum absolute atomic E-state index is 13.2. The van der Waals surface area contributed by atoms with E-state index in [1.165, 1.54) is 12.0 Å². The number of aliphatic hydroxyl groups is 1. The number of methoxy groups -OCH3 is 1. The van der Waals surface area contributed by atoms with Gasteiger partial charge in [-0.05, 0) is 42.8 Å². The van der Waals surface area contributed by atoms with Crippen LogP contribution in [-0.2, 0) is 14.3 Å². The minimum absolute atomic E-state index is 0.0324. The molecule has 36 heavy (non-hydrogen) atoms. The molecule has 1 amide bonds. The fraction of sp³-hybridized carbons (Fsp3) is 0.333. The van der Waals surface area contributed by atoms with Gasteiger partial charge < -0.3 is 33.7 Å². The molecule has 2 aromatic rings. The number of amides is 1. The molecule has 1 atom stereocenters. The second kappa shape index (κ2) is 11.2. The summed E-state index contributed by atoms with van der Waals surface area (Å²) in [6, 6.07) is 9.20. The Bertz CT molecular complexity index is 1190. The highest BCUT2D eigenvalue weighted by molar-refractivity contribution is 6.46. The van der Waals surface area contributed by atoms with E-state index < -0.39 is 17.7 Å².